The number of rotatable bonds is 5. The number of oxazole rings is 1. The number of furan rings is 1. The van der Waals surface area contributed by atoms with Gasteiger partial charge in [-0.3, -0.25) is 0 Å². The van der Waals surface area contributed by atoms with Crippen molar-refractivity contribution in [1.82, 2.24) is 4.98 Å². The number of fused-ring (bicyclic) bond motifs is 9. The maximum Gasteiger partial charge on any atom is 0.227 e. The van der Waals surface area contributed by atoms with E-state index in [1.54, 1.807) is 0 Å². The lowest BCUT2D eigenvalue weighted by Crippen LogP contribution is -2.10. The lowest BCUT2D eigenvalue weighted by atomic mass is 9.97. The van der Waals surface area contributed by atoms with Crippen LogP contribution in [0.25, 0.3) is 87.9 Å². The third-order valence-corrected chi connectivity index (χ3v) is 10.4. The highest BCUT2D eigenvalue weighted by molar-refractivity contribution is 6.19. The van der Waals surface area contributed by atoms with Crippen LogP contribution < -0.4 is 4.90 Å². The zero-order chi connectivity index (χ0) is 34.9. The second-order valence-corrected chi connectivity index (χ2v) is 13.6. The van der Waals surface area contributed by atoms with Crippen molar-refractivity contribution in [3.05, 3.63) is 182 Å². The maximum atomic E-state index is 6.59. The van der Waals surface area contributed by atoms with E-state index in [4.69, 9.17) is 13.8 Å². The quantitative estimate of drug-likeness (QED) is 0.170. The Kier molecular flexibility index (Phi) is 6.52. The number of hydrogen-bond acceptors (Lipinski definition) is 4. The van der Waals surface area contributed by atoms with Crippen LogP contribution in [0.5, 0.6) is 0 Å². The second-order valence-electron chi connectivity index (χ2n) is 13.6. The summed E-state index contributed by atoms with van der Waals surface area (Å²) in [5.74, 6) is 0.619. The Bertz CT molecular complexity index is 3190. The first-order valence-corrected chi connectivity index (χ1v) is 17.9. The molecule has 11 aromatic rings. The Morgan fingerprint density at radius 1 is 0.396 bits per heavy atom. The van der Waals surface area contributed by atoms with Crippen LogP contribution in [-0.4, -0.2) is 4.98 Å². The van der Waals surface area contributed by atoms with Gasteiger partial charge in [0.2, 0.25) is 5.89 Å². The molecule has 0 fully saturated rings. The molecule has 2 aromatic heterocycles. The normalized spacial score (nSPS) is 11.8. The minimum Gasteiger partial charge on any atom is -0.456 e. The average molecular weight is 679 g/mol. The van der Waals surface area contributed by atoms with E-state index in [2.05, 4.69) is 144 Å². The van der Waals surface area contributed by atoms with Crippen LogP contribution in [0.2, 0.25) is 0 Å². The molecule has 0 atom stereocenters. The molecule has 11 rings (SSSR count). The van der Waals surface area contributed by atoms with Gasteiger partial charge in [0.25, 0.3) is 0 Å². The summed E-state index contributed by atoms with van der Waals surface area (Å²) in [6.07, 6.45) is 0. The van der Waals surface area contributed by atoms with E-state index in [0.717, 1.165) is 82.8 Å². The predicted octanol–water partition coefficient (Wildman–Crippen LogP) is 14.0. The molecule has 2 heterocycles. The molecule has 0 aliphatic heterocycles. The lowest BCUT2D eigenvalue weighted by molar-refractivity contribution is 0.623. The molecule has 0 spiro atoms. The summed E-state index contributed by atoms with van der Waals surface area (Å²) in [5, 5.41) is 9.02. The van der Waals surface area contributed by atoms with Gasteiger partial charge in [-0.1, -0.05) is 115 Å². The molecule has 248 valence electrons. The van der Waals surface area contributed by atoms with Crippen molar-refractivity contribution in [3.63, 3.8) is 0 Å². The number of anilines is 3. The summed E-state index contributed by atoms with van der Waals surface area (Å²) in [6, 6.07) is 64.1. The topological polar surface area (TPSA) is 42.4 Å². The molecule has 0 saturated heterocycles. The van der Waals surface area contributed by atoms with E-state index in [-0.39, 0.29) is 0 Å². The highest BCUT2D eigenvalue weighted by Crippen LogP contribution is 2.43. The first kappa shape index (κ1) is 29.5. The van der Waals surface area contributed by atoms with Crippen molar-refractivity contribution >= 4 is 82.4 Å². The van der Waals surface area contributed by atoms with Gasteiger partial charge >= 0.3 is 0 Å². The molecule has 53 heavy (non-hydrogen) atoms. The van der Waals surface area contributed by atoms with Crippen LogP contribution in [0.3, 0.4) is 0 Å². The van der Waals surface area contributed by atoms with E-state index in [0.29, 0.717) is 5.89 Å². The molecule has 0 amide bonds. The minimum absolute atomic E-state index is 0.619. The standard InChI is InChI=1S/C49H30N2O2/c1-2-11-34(12-3-1)49-50-44-26-23-33-21-20-32-22-24-37(29-42(32)47(33)48(44)53-49)51(38-25-27-46-43(30-38)41-17-6-7-19-45(41)52-46)36-15-8-14-35(28-36)40-18-9-13-31-10-4-5-16-39(31)40/h1-30H. The fourth-order valence-corrected chi connectivity index (χ4v) is 7.94. The fraction of sp³-hybridized carbons (Fsp3) is 0. The molecule has 0 aliphatic carbocycles. The van der Waals surface area contributed by atoms with Crippen molar-refractivity contribution in [2.75, 3.05) is 4.90 Å². The molecular weight excluding hydrogens is 649 g/mol. The van der Waals surface area contributed by atoms with Crippen molar-refractivity contribution in [3.8, 4) is 22.6 Å². The summed E-state index contributed by atoms with van der Waals surface area (Å²) in [6.45, 7) is 0. The minimum atomic E-state index is 0.619. The van der Waals surface area contributed by atoms with Gasteiger partial charge in [0, 0.05) is 38.8 Å². The maximum absolute atomic E-state index is 6.59. The first-order valence-electron chi connectivity index (χ1n) is 17.9. The summed E-state index contributed by atoms with van der Waals surface area (Å²) >= 11 is 0. The Morgan fingerprint density at radius 2 is 1.04 bits per heavy atom. The molecule has 0 N–H and O–H groups in total. The van der Waals surface area contributed by atoms with Gasteiger partial charge in [-0.2, -0.15) is 0 Å². The molecule has 0 saturated carbocycles. The van der Waals surface area contributed by atoms with E-state index in [1.165, 1.54) is 16.3 Å². The largest absolute Gasteiger partial charge is 0.456 e. The van der Waals surface area contributed by atoms with Gasteiger partial charge < -0.3 is 13.7 Å². The molecule has 0 radical (unpaired) electrons. The van der Waals surface area contributed by atoms with Crippen molar-refractivity contribution in [2.24, 2.45) is 0 Å². The summed E-state index contributed by atoms with van der Waals surface area (Å²) in [4.78, 5) is 7.27. The molecule has 4 nitrogen and oxygen atoms in total. The second kappa shape index (κ2) is 11.7. The lowest BCUT2D eigenvalue weighted by Gasteiger charge is -2.26. The SMILES string of the molecule is c1ccc(-c2nc3ccc4ccc5ccc(N(c6cccc(-c7cccc8ccccc78)c6)c6ccc7oc8ccccc8c7c6)cc5c4c3o2)cc1. The van der Waals surface area contributed by atoms with Crippen molar-refractivity contribution in [1.29, 1.82) is 0 Å². The van der Waals surface area contributed by atoms with Crippen LogP contribution in [0.4, 0.5) is 17.1 Å². The molecule has 4 heteroatoms. The molecular formula is C49H30N2O2. The smallest absolute Gasteiger partial charge is 0.227 e. The van der Waals surface area contributed by atoms with Gasteiger partial charge in [-0.15, -0.1) is 0 Å². The van der Waals surface area contributed by atoms with Gasteiger partial charge in [0.1, 0.15) is 16.7 Å². The molecule has 0 bridgehead atoms. The summed E-state index contributed by atoms with van der Waals surface area (Å²) in [7, 11) is 0. The Morgan fingerprint density at radius 3 is 1.96 bits per heavy atom. The highest BCUT2D eigenvalue weighted by atomic mass is 16.3. The van der Waals surface area contributed by atoms with Crippen molar-refractivity contribution in [2.45, 2.75) is 0 Å². The summed E-state index contributed by atoms with van der Waals surface area (Å²) < 4.78 is 12.9. The Hall–Kier alpha value is -7.17. The third kappa shape index (κ3) is 4.80. The molecule has 9 aromatic carbocycles. The average Bonchev–Trinajstić information content (AvgIpc) is 3.83. The van der Waals surface area contributed by atoms with Crippen molar-refractivity contribution < 1.29 is 8.83 Å². The van der Waals surface area contributed by atoms with Gasteiger partial charge in [-0.05, 0) is 105 Å². The van der Waals surface area contributed by atoms with Gasteiger partial charge in [-0.25, -0.2) is 4.98 Å². The fourth-order valence-electron chi connectivity index (χ4n) is 7.94. The van der Waals surface area contributed by atoms with Crippen LogP contribution >= 0.6 is 0 Å². The zero-order valence-electron chi connectivity index (χ0n) is 28.5. The summed E-state index contributed by atoms with van der Waals surface area (Å²) in [5.41, 5.74) is 9.82. The van der Waals surface area contributed by atoms with Crippen LogP contribution in [-0.2, 0) is 0 Å². The Labute approximate surface area is 304 Å². The monoisotopic (exact) mass is 678 g/mol. The van der Waals surface area contributed by atoms with Crippen LogP contribution in [0.15, 0.2) is 191 Å². The number of nitrogens with zero attached hydrogens (tertiary/aromatic N) is 2. The first-order chi connectivity index (χ1) is 26.2. The van der Waals surface area contributed by atoms with Crippen LogP contribution in [0.1, 0.15) is 0 Å². The highest BCUT2D eigenvalue weighted by Gasteiger charge is 2.19. The van der Waals surface area contributed by atoms with E-state index >= 15 is 0 Å². The van der Waals surface area contributed by atoms with Gasteiger partial charge in [0.05, 0.1) is 0 Å². The Balaban J connectivity index is 1.15. The molecule has 0 aliphatic rings. The van der Waals surface area contributed by atoms with E-state index in [1.807, 2.05) is 42.5 Å². The number of benzene rings is 9. The molecule has 0 unspecified atom stereocenters. The van der Waals surface area contributed by atoms with Crippen LogP contribution in [0, 0.1) is 0 Å². The van der Waals surface area contributed by atoms with E-state index in [9.17, 15) is 0 Å². The number of aromatic nitrogens is 1. The number of hydrogen-bond donors (Lipinski definition) is 0. The third-order valence-electron chi connectivity index (χ3n) is 10.4. The number of para-hydroxylation sites is 1. The van der Waals surface area contributed by atoms with Gasteiger partial charge in [0.15, 0.2) is 5.58 Å². The zero-order valence-corrected chi connectivity index (χ0v) is 28.5. The predicted molar refractivity (Wildman–Crippen MR) is 219 cm³/mol. The van der Waals surface area contributed by atoms with E-state index < -0.39 is 0 Å².